The highest BCUT2D eigenvalue weighted by Crippen LogP contribution is 2.23. The summed E-state index contributed by atoms with van der Waals surface area (Å²) in [6, 6.07) is 10.9. The van der Waals surface area contributed by atoms with Gasteiger partial charge >= 0.3 is 0 Å². The van der Waals surface area contributed by atoms with Crippen LogP contribution in [0.15, 0.2) is 47.1 Å². The van der Waals surface area contributed by atoms with Crippen molar-refractivity contribution in [1.82, 2.24) is 9.88 Å². The number of aromatic nitrogens is 1. The first kappa shape index (κ1) is 15.0. The van der Waals surface area contributed by atoms with Gasteiger partial charge in [0, 0.05) is 29.8 Å². The Labute approximate surface area is 137 Å². The summed E-state index contributed by atoms with van der Waals surface area (Å²) in [5.74, 6) is 1.12. The summed E-state index contributed by atoms with van der Waals surface area (Å²) < 4.78 is 11.8. The number of amides is 1. The number of halogens is 1. The maximum Gasteiger partial charge on any atom is 0.255 e. The maximum atomic E-state index is 12.3. The number of hydrogen-bond donors (Lipinski definition) is 0. The van der Waals surface area contributed by atoms with E-state index >= 15 is 0 Å². The Morgan fingerprint density at radius 3 is 2.73 bits per heavy atom. The van der Waals surface area contributed by atoms with Crippen LogP contribution < -0.4 is 4.74 Å². The molecule has 6 heteroatoms. The number of carbonyl (C=O) groups is 1. The highest BCUT2D eigenvalue weighted by atomic mass is 79.9. The fourth-order valence-corrected chi connectivity index (χ4v) is 2.55. The largest absolute Gasteiger partial charge is 0.439 e. The molecule has 1 aliphatic rings. The van der Waals surface area contributed by atoms with Crippen molar-refractivity contribution >= 4 is 21.8 Å². The quantitative estimate of drug-likeness (QED) is 0.841. The zero-order valence-corrected chi connectivity index (χ0v) is 13.5. The summed E-state index contributed by atoms with van der Waals surface area (Å²) in [6.07, 6.45) is 1.55. The van der Waals surface area contributed by atoms with Gasteiger partial charge in [-0.3, -0.25) is 4.79 Å². The van der Waals surface area contributed by atoms with E-state index in [4.69, 9.17) is 9.47 Å². The number of rotatable bonds is 3. The van der Waals surface area contributed by atoms with E-state index in [1.165, 1.54) is 0 Å². The minimum absolute atomic E-state index is 0.0233. The van der Waals surface area contributed by atoms with Crippen molar-refractivity contribution in [3.05, 3.63) is 52.6 Å². The number of nitrogens with zero attached hydrogens (tertiary/aromatic N) is 2. The van der Waals surface area contributed by atoms with Crippen molar-refractivity contribution in [2.45, 2.75) is 0 Å². The molecule has 1 aromatic heterocycles. The predicted molar refractivity (Wildman–Crippen MR) is 85.2 cm³/mol. The van der Waals surface area contributed by atoms with Crippen LogP contribution in [0, 0.1) is 0 Å². The first-order chi connectivity index (χ1) is 10.7. The second-order valence-electron chi connectivity index (χ2n) is 4.85. The molecule has 0 radical (unpaired) electrons. The normalized spacial score (nSPS) is 14.7. The van der Waals surface area contributed by atoms with Gasteiger partial charge in [-0.15, -0.1) is 0 Å². The van der Waals surface area contributed by atoms with E-state index in [9.17, 15) is 4.79 Å². The molecule has 0 saturated carbocycles. The van der Waals surface area contributed by atoms with E-state index in [1.54, 1.807) is 23.2 Å². The first-order valence-electron chi connectivity index (χ1n) is 6.99. The number of benzene rings is 1. The van der Waals surface area contributed by atoms with Crippen LogP contribution in [0.4, 0.5) is 0 Å². The highest BCUT2D eigenvalue weighted by molar-refractivity contribution is 9.10. The van der Waals surface area contributed by atoms with Crippen molar-refractivity contribution in [2.75, 3.05) is 26.3 Å². The van der Waals surface area contributed by atoms with E-state index in [-0.39, 0.29) is 5.91 Å². The van der Waals surface area contributed by atoms with Gasteiger partial charge in [0.05, 0.1) is 18.8 Å². The number of morpholine rings is 1. The van der Waals surface area contributed by atoms with Gasteiger partial charge in [0.2, 0.25) is 5.88 Å². The third kappa shape index (κ3) is 3.64. The summed E-state index contributed by atoms with van der Waals surface area (Å²) in [5.41, 5.74) is 0.559. The zero-order chi connectivity index (χ0) is 15.4. The second-order valence-corrected chi connectivity index (χ2v) is 5.76. The molecule has 2 heterocycles. The van der Waals surface area contributed by atoms with Gasteiger partial charge in [-0.25, -0.2) is 4.98 Å². The van der Waals surface area contributed by atoms with Crippen molar-refractivity contribution < 1.29 is 14.3 Å². The summed E-state index contributed by atoms with van der Waals surface area (Å²) in [4.78, 5) is 18.3. The molecule has 0 atom stereocenters. The Morgan fingerprint density at radius 1 is 1.23 bits per heavy atom. The maximum absolute atomic E-state index is 12.3. The van der Waals surface area contributed by atoms with Crippen LogP contribution in [0.2, 0.25) is 0 Å². The van der Waals surface area contributed by atoms with Gasteiger partial charge in [-0.05, 0) is 24.3 Å². The molecule has 3 rings (SSSR count). The summed E-state index contributed by atoms with van der Waals surface area (Å²) in [7, 11) is 0. The average Bonchev–Trinajstić information content (AvgIpc) is 2.56. The molecule has 114 valence electrons. The van der Waals surface area contributed by atoms with Crippen molar-refractivity contribution in [3.8, 4) is 11.6 Å². The van der Waals surface area contributed by atoms with E-state index in [0.717, 1.165) is 4.47 Å². The van der Waals surface area contributed by atoms with Gasteiger partial charge < -0.3 is 14.4 Å². The molecule has 1 aromatic carbocycles. The molecule has 0 aliphatic carbocycles. The molecule has 0 N–H and O–H groups in total. The number of carbonyl (C=O) groups excluding carboxylic acids is 1. The van der Waals surface area contributed by atoms with Crippen molar-refractivity contribution in [3.63, 3.8) is 0 Å². The van der Waals surface area contributed by atoms with Gasteiger partial charge in [0.1, 0.15) is 5.75 Å². The Morgan fingerprint density at radius 2 is 2.05 bits per heavy atom. The Hall–Kier alpha value is -1.92. The van der Waals surface area contributed by atoms with Crippen LogP contribution >= 0.6 is 15.9 Å². The molecular weight excluding hydrogens is 348 g/mol. The molecule has 1 saturated heterocycles. The van der Waals surface area contributed by atoms with Crippen LogP contribution in [0.5, 0.6) is 11.6 Å². The molecule has 5 nitrogen and oxygen atoms in total. The van der Waals surface area contributed by atoms with E-state index in [2.05, 4.69) is 20.9 Å². The third-order valence-electron chi connectivity index (χ3n) is 3.30. The molecule has 1 amide bonds. The van der Waals surface area contributed by atoms with E-state index in [0.29, 0.717) is 43.5 Å². The Bertz CT molecular complexity index is 655. The summed E-state index contributed by atoms with van der Waals surface area (Å²) >= 11 is 3.39. The first-order valence-corrected chi connectivity index (χ1v) is 7.78. The molecule has 22 heavy (non-hydrogen) atoms. The fourth-order valence-electron chi connectivity index (χ4n) is 2.17. The molecule has 0 spiro atoms. The molecule has 0 unspecified atom stereocenters. The van der Waals surface area contributed by atoms with Crippen LogP contribution in [-0.2, 0) is 4.74 Å². The Balaban J connectivity index is 1.68. The smallest absolute Gasteiger partial charge is 0.255 e. The Kier molecular flexibility index (Phi) is 4.70. The number of pyridine rings is 1. The molecule has 1 fully saturated rings. The lowest BCUT2D eigenvalue weighted by Gasteiger charge is -2.26. The average molecular weight is 363 g/mol. The van der Waals surface area contributed by atoms with E-state index < -0.39 is 0 Å². The number of hydrogen-bond acceptors (Lipinski definition) is 4. The molecule has 0 bridgehead atoms. The lowest BCUT2D eigenvalue weighted by molar-refractivity contribution is 0.0302. The third-order valence-corrected chi connectivity index (χ3v) is 3.79. The van der Waals surface area contributed by atoms with Crippen LogP contribution in [0.3, 0.4) is 0 Å². The van der Waals surface area contributed by atoms with Crippen LogP contribution in [0.1, 0.15) is 10.4 Å². The standard InChI is InChI=1S/C16H15BrN2O3/c17-13-2-1-3-14(10-13)22-15-5-4-12(11-18-15)16(20)19-6-8-21-9-7-19/h1-5,10-11H,6-9H2. The zero-order valence-electron chi connectivity index (χ0n) is 11.9. The molecule has 2 aromatic rings. The highest BCUT2D eigenvalue weighted by Gasteiger charge is 2.18. The summed E-state index contributed by atoms with van der Waals surface area (Å²) in [6.45, 7) is 2.41. The van der Waals surface area contributed by atoms with Crippen LogP contribution in [0.25, 0.3) is 0 Å². The second kappa shape index (κ2) is 6.89. The van der Waals surface area contributed by atoms with Gasteiger partial charge in [0.15, 0.2) is 0 Å². The molecular formula is C16H15BrN2O3. The van der Waals surface area contributed by atoms with Crippen molar-refractivity contribution in [1.29, 1.82) is 0 Å². The minimum atomic E-state index is -0.0233. The SMILES string of the molecule is O=C(c1ccc(Oc2cccc(Br)c2)nc1)N1CCOCC1. The molecule has 1 aliphatic heterocycles. The van der Waals surface area contributed by atoms with E-state index in [1.807, 2.05) is 24.3 Å². The van der Waals surface area contributed by atoms with Crippen molar-refractivity contribution in [2.24, 2.45) is 0 Å². The topological polar surface area (TPSA) is 51.7 Å². The van der Waals surface area contributed by atoms with Gasteiger partial charge in [-0.1, -0.05) is 22.0 Å². The van der Waals surface area contributed by atoms with Gasteiger partial charge in [0.25, 0.3) is 5.91 Å². The summed E-state index contributed by atoms with van der Waals surface area (Å²) in [5, 5.41) is 0. The van der Waals surface area contributed by atoms with Gasteiger partial charge in [-0.2, -0.15) is 0 Å². The minimum Gasteiger partial charge on any atom is -0.439 e. The predicted octanol–water partition coefficient (Wildman–Crippen LogP) is 3.11. The van der Waals surface area contributed by atoms with Crippen LogP contribution in [-0.4, -0.2) is 42.1 Å². The lowest BCUT2D eigenvalue weighted by atomic mass is 10.2. The monoisotopic (exact) mass is 362 g/mol. The lowest BCUT2D eigenvalue weighted by Crippen LogP contribution is -2.40. The fraction of sp³-hybridized carbons (Fsp3) is 0.250. The number of ether oxygens (including phenoxy) is 2.